The van der Waals surface area contributed by atoms with Crippen LogP contribution in [0.5, 0.6) is 0 Å². The van der Waals surface area contributed by atoms with E-state index in [1.54, 1.807) is 6.20 Å². The number of anilines is 2. The Morgan fingerprint density at radius 1 is 1.39 bits per heavy atom. The van der Waals surface area contributed by atoms with Crippen molar-refractivity contribution in [2.75, 3.05) is 11.1 Å². The van der Waals surface area contributed by atoms with E-state index in [1.165, 1.54) is 17.4 Å². The number of aryl methyl sites for hydroxylation is 1. The lowest BCUT2D eigenvalue weighted by atomic mass is 10.2. The zero-order valence-electron chi connectivity index (χ0n) is 9.84. The summed E-state index contributed by atoms with van der Waals surface area (Å²) in [5.41, 5.74) is 5.77. The van der Waals surface area contributed by atoms with Gasteiger partial charge >= 0.3 is 0 Å². The van der Waals surface area contributed by atoms with Gasteiger partial charge in [0.2, 0.25) is 0 Å². The second-order valence-electron chi connectivity index (χ2n) is 3.75. The standard InChI is InChI=1S/C12H13F2N3S/c1-2-7-5-16-10(18-7)6-17-12-9(15)4-3-8(13)11(12)14/h3-5,17H,2,6,15H2,1H3. The molecule has 6 heteroatoms. The Morgan fingerprint density at radius 2 is 2.17 bits per heavy atom. The average molecular weight is 269 g/mol. The van der Waals surface area contributed by atoms with Gasteiger partial charge in [0.25, 0.3) is 0 Å². The summed E-state index contributed by atoms with van der Waals surface area (Å²) in [6, 6.07) is 2.34. The summed E-state index contributed by atoms with van der Waals surface area (Å²) in [6.45, 7) is 2.37. The fraction of sp³-hybridized carbons (Fsp3) is 0.250. The van der Waals surface area contributed by atoms with Crippen molar-refractivity contribution in [3.05, 3.63) is 39.8 Å². The highest BCUT2D eigenvalue weighted by Crippen LogP contribution is 2.25. The largest absolute Gasteiger partial charge is 0.397 e. The summed E-state index contributed by atoms with van der Waals surface area (Å²) in [5, 5.41) is 3.60. The fourth-order valence-electron chi connectivity index (χ4n) is 1.50. The Kier molecular flexibility index (Phi) is 3.76. The molecule has 0 fully saturated rings. The third kappa shape index (κ3) is 2.59. The molecule has 1 aromatic heterocycles. The van der Waals surface area contributed by atoms with Gasteiger partial charge < -0.3 is 11.1 Å². The van der Waals surface area contributed by atoms with Crippen LogP contribution in [0.15, 0.2) is 18.3 Å². The molecular weight excluding hydrogens is 256 g/mol. The second-order valence-corrected chi connectivity index (χ2v) is 4.95. The highest BCUT2D eigenvalue weighted by molar-refractivity contribution is 7.11. The van der Waals surface area contributed by atoms with Crippen LogP contribution in [0.1, 0.15) is 16.8 Å². The van der Waals surface area contributed by atoms with E-state index in [-0.39, 0.29) is 11.4 Å². The lowest BCUT2D eigenvalue weighted by molar-refractivity contribution is 0.511. The summed E-state index contributed by atoms with van der Waals surface area (Å²) in [6.07, 6.45) is 2.70. The molecule has 1 heterocycles. The van der Waals surface area contributed by atoms with Gasteiger partial charge in [0.15, 0.2) is 11.6 Å². The Labute approximate surface area is 108 Å². The lowest BCUT2D eigenvalue weighted by Crippen LogP contribution is -2.05. The topological polar surface area (TPSA) is 50.9 Å². The minimum absolute atomic E-state index is 0.0109. The van der Waals surface area contributed by atoms with Crippen molar-refractivity contribution in [1.29, 1.82) is 0 Å². The molecule has 1 aromatic carbocycles. The Balaban J connectivity index is 2.12. The van der Waals surface area contributed by atoms with Crippen LogP contribution < -0.4 is 11.1 Å². The van der Waals surface area contributed by atoms with Crippen LogP contribution in [0, 0.1) is 11.6 Å². The molecule has 18 heavy (non-hydrogen) atoms. The Bertz CT molecular complexity index is 554. The Morgan fingerprint density at radius 3 is 2.83 bits per heavy atom. The molecule has 3 N–H and O–H groups in total. The van der Waals surface area contributed by atoms with Crippen LogP contribution >= 0.6 is 11.3 Å². The number of benzene rings is 1. The van der Waals surface area contributed by atoms with Crippen LogP contribution in [-0.4, -0.2) is 4.98 Å². The molecule has 0 bridgehead atoms. The van der Waals surface area contributed by atoms with Crippen molar-refractivity contribution < 1.29 is 8.78 Å². The van der Waals surface area contributed by atoms with E-state index >= 15 is 0 Å². The third-order valence-corrected chi connectivity index (χ3v) is 3.64. The number of nitrogens with two attached hydrogens (primary N) is 1. The molecule has 96 valence electrons. The normalized spacial score (nSPS) is 10.6. The van der Waals surface area contributed by atoms with E-state index in [0.717, 1.165) is 22.4 Å². The molecule has 2 rings (SSSR count). The molecule has 0 spiro atoms. The van der Waals surface area contributed by atoms with Crippen molar-refractivity contribution in [1.82, 2.24) is 4.98 Å². The van der Waals surface area contributed by atoms with E-state index < -0.39 is 11.6 Å². The number of halogens is 2. The van der Waals surface area contributed by atoms with Gasteiger partial charge in [-0.1, -0.05) is 6.92 Å². The van der Waals surface area contributed by atoms with Gasteiger partial charge in [-0.3, -0.25) is 0 Å². The van der Waals surface area contributed by atoms with Gasteiger partial charge in [-0.15, -0.1) is 11.3 Å². The molecule has 0 amide bonds. The van der Waals surface area contributed by atoms with Crippen LogP contribution in [0.2, 0.25) is 0 Å². The van der Waals surface area contributed by atoms with Crippen molar-refractivity contribution in [2.24, 2.45) is 0 Å². The number of hydrogen-bond acceptors (Lipinski definition) is 4. The first-order valence-corrected chi connectivity index (χ1v) is 6.34. The molecule has 0 aliphatic heterocycles. The second kappa shape index (κ2) is 5.30. The highest BCUT2D eigenvalue weighted by atomic mass is 32.1. The number of hydrogen-bond donors (Lipinski definition) is 2. The first-order chi connectivity index (χ1) is 8.61. The minimum Gasteiger partial charge on any atom is -0.397 e. The lowest BCUT2D eigenvalue weighted by Gasteiger charge is -2.09. The number of thiazole rings is 1. The molecule has 0 atom stereocenters. The van der Waals surface area contributed by atoms with Gasteiger partial charge in [-0.2, -0.15) is 0 Å². The molecule has 2 aromatic rings. The maximum absolute atomic E-state index is 13.5. The van der Waals surface area contributed by atoms with Crippen molar-refractivity contribution >= 4 is 22.7 Å². The van der Waals surface area contributed by atoms with E-state index in [9.17, 15) is 8.78 Å². The molecule has 0 saturated heterocycles. The number of rotatable bonds is 4. The summed E-state index contributed by atoms with van der Waals surface area (Å²) < 4.78 is 26.6. The SMILES string of the molecule is CCc1cnc(CNc2c(N)ccc(F)c2F)s1. The van der Waals surface area contributed by atoms with Crippen molar-refractivity contribution in [2.45, 2.75) is 19.9 Å². The fourth-order valence-corrected chi connectivity index (χ4v) is 2.30. The quantitative estimate of drug-likeness (QED) is 0.838. The van der Waals surface area contributed by atoms with Gasteiger partial charge in [-0.25, -0.2) is 13.8 Å². The zero-order valence-corrected chi connectivity index (χ0v) is 10.7. The molecular formula is C12H13F2N3S. The number of aromatic nitrogens is 1. The molecule has 0 unspecified atom stereocenters. The average Bonchev–Trinajstić information content (AvgIpc) is 2.82. The van der Waals surface area contributed by atoms with E-state index in [4.69, 9.17) is 5.73 Å². The van der Waals surface area contributed by atoms with Crippen LogP contribution in [0.3, 0.4) is 0 Å². The van der Waals surface area contributed by atoms with Gasteiger partial charge in [0.1, 0.15) is 5.01 Å². The van der Waals surface area contributed by atoms with E-state index in [0.29, 0.717) is 6.54 Å². The monoisotopic (exact) mass is 269 g/mol. The molecule has 3 nitrogen and oxygen atoms in total. The van der Waals surface area contributed by atoms with Crippen LogP contribution in [0.4, 0.5) is 20.2 Å². The van der Waals surface area contributed by atoms with Gasteiger partial charge in [0.05, 0.1) is 17.9 Å². The molecule has 0 radical (unpaired) electrons. The summed E-state index contributed by atoms with van der Waals surface area (Å²) in [4.78, 5) is 5.34. The number of nitrogen functional groups attached to an aromatic ring is 1. The predicted molar refractivity (Wildman–Crippen MR) is 69.6 cm³/mol. The first-order valence-electron chi connectivity index (χ1n) is 5.52. The van der Waals surface area contributed by atoms with Gasteiger partial charge in [-0.05, 0) is 18.6 Å². The highest BCUT2D eigenvalue weighted by Gasteiger charge is 2.12. The Hall–Kier alpha value is -1.69. The number of nitrogens with zero attached hydrogens (tertiary/aromatic N) is 1. The first kappa shape index (κ1) is 12.8. The maximum atomic E-state index is 13.5. The maximum Gasteiger partial charge on any atom is 0.183 e. The molecule has 0 aliphatic rings. The summed E-state index contributed by atoms with van der Waals surface area (Å²) >= 11 is 1.54. The number of nitrogens with one attached hydrogen (secondary N) is 1. The molecule has 0 aliphatic carbocycles. The van der Waals surface area contributed by atoms with Crippen molar-refractivity contribution in [3.8, 4) is 0 Å². The third-order valence-electron chi connectivity index (χ3n) is 2.49. The van der Waals surface area contributed by atoms with Crippen LogP contribution in [0.25, 0.3) is 0 Å². The smallest absolute Gasteiger partial charge is 0.183 e. The zero-order chi connectivity index (χ0) is 13.1. The van der Waals surface area contributed by atoms with E-state index in [2.05, 4.69) is 10.3 Å². The van der Waals surface area contributed by atoms with Crippen molar-refractivity contribution in [3.63, 3.8) is 0 Å². The predicted octanol–water partition coefficient (Wildman–Crippen LogP) is 3.18. The minimum atomic E-state index is -0.956. The molecule has 0 saturated carbocycles. The van der Waals surface area contributed by atoms with Gasteiger partial charge in [0, 0.05) is 11.1 Å². The van der Waals surface area contributed by atoms with E-state index in [1.807, 2.05) is 6.92 Å². The van der Waals surface area contributed by atoms with Crippen LogP contribution in [-0.2, 0) is 13.0 Å². The summed E-state index contributed by atoms with van der Waals surface area (Å²) in [5.74, 6) is -1.87. The summed E-state index contributed by atoms with van der Waals surface area (Å²) in [7, 11) is 0.